The van der Waals surface area contributed by atoms with Crippen LogP contribution in [0, 0.1) is 0 Å². The fourth-order valence-corrected chi connectivity index (χ4v) is 4.54. The monoisotopic (exact) mass is 320 g/mol. The zero-order valence-corrected chi connectivity index (χ0v) is 13.6. The highest BCUT2D eigenvalue weighted by Gasteiger charge is 2.29. The Hall–Kier alpha value is -1.50. The van der Waals surface area contributed by atoms with E-state index >= 15 is 0 Å². The fraction of sp³-hybridized carbons (Fsp3) is 0.438. The molecule has 0 aliphatic carbocycles. The van der Waals surface area contributed by atoms with Crippen LogP contribution in [0.5, 0.6) is 0 Å². The summed E-state index contributed by atoms with van der Waals surface area (Å²) in [4.78, 5) is 5.98. The summed E-state index contributed by atoms with van der Waals surface area (Å²) in [5, 5.41) is 0.840. The zero-order chi connectivity index (χ0) is 15.6. The smallest absolute Gasteiger partial charge is 0.242 e. The molecular formula is C16H22N3O2S+. The van der Waals surface area contributed by atoms with Crippen LogP contribution in [0.4, 0.5) is 0 Å². The maximum Gasteiger partial charge on any atom is 0.242 e. The topological polar surface area (TPSA) is 63.5 Å². The highest BCUT2D eigenvalue weighted by molar-refractivity contribution is 7.89. The maximum atomic E-state index is 12.6. The minimum Gasteiger partial charge on any atom is -0.332 e. The molecule has 0 saturated carbocycles. The summed E-state index contributed by atoms with van der Waals surface area (Å²) in [6.45, 7) is 4.83. The second-order valence-electron chi connectivity index (χ2n) is 5.78. The first-order valence-electron chi connectivity index (χ1n) is 7.80. The summed E-state index contributed by atoms with van der Waals surface area (Å²) in [5.74, 6) is 0. The van der Waals surface area contributed by atoms with Gasteiger partial charge in [-0.1, -0.05) is 18.2 Å². The van der Waals surface area contributed by atoms with E-state index in [4.69, 9.17) is 0 Å². The minimum atomic E-state index is -3.53. The van der Waals surface area contributed by atoms with Crippen LogP contribution in [0.25, 0.3) is 10.9 Å². The van der Waals surface area contributed by atoms with Crippen LogP contribution < -0.4 is 9.62 Å². The first-order valence-corrected chi connectivity index (χ1v) is 9.28. The van der Waals surface area contributed by atoms with Crippen LogP contribution in [0.3, 0.4) is 0 Å². The van der Waals surface area contributed by atoms with Gasteiger partial charge in [0.05, 0.1) is 25.2 Å². The number of nitrogens with one attached hydrogen (secondary N) is 2. The number of pyridine rings is 1. The molecule has 2 unspecified atom stereocenters. The standard InChI is InChI=1S/C16H21N3O2S/c1-2-19-11-5-8-14(19)12-18-22(20,21)15-9-3-6-13-7-4-10-17-16(13)15/h3-4,6-7,9-10,14,18H,2,5,8,11-12H2,1H3/p+1. The first-order chi connectivity index (χ1) is 10.6. The van der Waals surface area contributed by atoms with E-state index in [1.54, 1.807) is 18.3 Å². The highest BCUT2D eigenvalue weighted by Crippen LogP contribution is 2.20. The van der Waals surface area contributed by atoms with Gasteiger partial charge in [-0.05, 0) is 19.1 Å². The normalized spacial score (nSPS) is 22.2. The van der Waals surface area contributed by atoms with Gasteiger partial charge in [-0.3, -0.25) is 4.98 Å². The van der Waals surface area contributed by atoms with Crippen molar-refractivity contribution < 1.29 is 13.3 Å². The van der Waals surface area contributed by atoms with Crippen LogP contribution in [0.2, 0.25) is 0 Å². The Morgan fingerprint density at radius 2 is 2.14 bits per heavy atom. The van der Waals surface area contributed by atoms with Crippen molar-refractivity contribution in [2.75, 3.05) is 19.6 Å². The summed E-state index contributed by atoms with van der Waals surface area (Å²) in [6, 6.07) is 9.33. The molecular weight excluding hydrogens is 298 g/mol. The molecule has 1 aliphatic heterocycles. The van der Waals surface area contributed by atoms with Crippen molar-refractivity contribution in [2.45, 2.75) is 30.7 Å². The number of fused-ring (bicyclic) bond motifs is 1. The molecule has 2 aromatic rings. The number of benzene rings is 1. The van der Waals surface area contributed by atoms with E-state index in [2.05, 4.69) is 16.6 Å². The number of hydrogen-bond donors (Lipinski definition) is 2. The zero-order valence-electron chi connectivity index (χ0n) is 12.7. The highest BCUT2D eigenvalue weighted by atomic mass is 32.2. The molecule has 2 atom stereocenters. The molecule has 2 N–H and O–H groups in total. The Kier molecular flexibility index (Phi) is 4.42. The Bertz CT molecular complexity index is 756. The summed E-state index contributed by atoms with van der Waals surface area (Å²) in [7, 11) is -3.53. The predicted octanol–water partition coefficient (Wildman–Crippen LogP) is 0.580. The van der Waals surface area contributed by atoms with Crippen molar-refractivity contribution >= 4 is 20.9 Å². The predicted molar refractivity (Wildman–Crippen MR) is 86.3 cm³/mol. The van der Waals surface area contributed by atoms with Crippen molar-refractivity contribution in [3.05, 3.63) is 36.5 Å². The van der Waals surface area contributed by atoms with E-state index in [1.807, 2.05) is 18.2 Å². The van der Waals surface area contributed by atoms with Gasteiger partial charge >= 0.3 is 0 Å². The third-order valence-corrected chi connectivity index (χ3v) is 5.94. The summed E-state index contributed by atoms with van der Waals surface area (Å²) in [5.41, 5.74) is 0.531. The lowest BCUT2D eigenvalue weighted by Crippen LogP contribution is -3.14. The number of aromatic nitrogens is 1. The summed E-state index contributed by atoms with van der Waals surface area (Å²) >= 11 is 0. The van der Waals surface area contributed by atoms with Crippen molar-refractivity contribution in [1.82, 2.24) is 9.71 Å². The number of para-hydroxylation sites is 1. The van der Waals surface area contributed by atoms with Crippen molar-refractivity contribution in [3.8, 4) is 0 Å². The average Bonchev–Trinajstić information content (AvgIpc) is 3.00. The van der Waals surface area contributed by atoms with Crippen LogP contribution in [0.1, 0.15) is 19.8 Å². The van der Waals surface area contributed by atoms with Crippen LogP contribution in [-0.4, -0.2) is 39.1 Å². The van der Waals surface area contributed by atoms with E-state index in [0.29, 0.717) is 18.1 Å². The minimum absolute atomic E-state index is 0.265. The second-order valence-corrected chi connectivity index (χ2v) is 7.52. The quantitative estimate of drug-likeness (QED) is 0.847. The van der Waals surface area contributed by atoms with Gasteiger partial charge in [-0.25, -0.2) is 13.1 Å². The molecule has 22 heavy (non-hydrogen) atoms. The van der Waals surface area contributed by atoms with Crippen molar-refractivity contribution in [3.63, 3.8) is 0 Å². The molecule has 118 valence electrons. The molecule has 6 heteroatoms. The molecule has 1 aliphatic rings. The van der Waals surface area contributed by atoms with Crippen LogP contribution >= 0.6 is 0 Å². The van der Waals surface area contributed by atoms with E-state index in [1.165, 1.54) is 11.3 Å². The summed E-state index contributed by atoms with van der Waals surface area (Å²) in [6.07, 6.45) is 3.88. The van der Waals surface area contributed by atoms with E-state index in [0.717, 1.165) is 24.9 Å². The second kappa shape index (κ2) is 6.32. The van der Waals surface area contributed by atoms with Crippen LogP contribution in [0.15, 0.2) is 41.4 Å². The number of sulfonamides is 1. The molecule has 0 spiro atoms. The SMILES string of the molecule is CC[NH+]1CCCC1CNS(=O)(=O)c1cccc2cccnc12. The largest absolute Gasteiger partial charge is 0.332 e. The van der Waals surface area contributed by atoms with E-state index in [9.17, 15) is 8.42 Å². The molecule has 5 nitrogen and oxygen atoms in total. The Labute approximate surface area is 131 Å². The van der Waals surface area contributed by atoms with Gasteiger partial charge in [0.2, 0.25) is 10.0 Å². The molecule has 0 amide bonds. The molecule has 3 rings (SSSR count). The van der Waals surface area contributed by atoms with E-state index < -0.39 is 10.0 Å². The Balaban J connectivity index is 1.83. The third-order valence-electron chi connectivity index (χ3n) is 4.49. The van der Waals surface area contributed by atoms with Gasteiger partial charge in [-0.2, -0.15) is 0 Å². The number of rotatable bonds is 5. The molecule has 1 aromatic heterocycles. The average molecular weight is 320 g/mol. The lowest BCUT2D eigenvalue weighted by molar-refractivity contribution is -0.909. The Morgan fingerprint density at radius 3 is 2.95 bits per heavy atom. The summed E-state index contributed by atoms with van der Waals surface area (Å²) < 4.78 is 28.1. The number of likely N-dealkylation sites (tertiary alicyclic amines) is 1. The number of likely N-dealkylation sites (N-methyl/N-ethyl adjacent to an activating group) is 1. The number of nitrogens with zero attached hydrogens (tertiary/aromatic N) is 1. The van der Waals surface area contributed by atoms with Gasteiger partial charge < -0.3 is 4.90 Å². The number of quaternary nitrogens is 1. The first kappa shape index (κ1) is 15.4. The molecule has 1 saturated heterocycles. The van der Waals surface area contributed by atoms with Gasteiger partial charge in [-0.15, -0.1) is 0 Å². The lowest BCUT2D eigenvalue weighted by Gasteiger charge is -2.20. The van der Waals surface area contributed by atoms with Crippen molar-refractivity contribution in [1.29, 1.82) is 0 Å². The Morgan fingerprint density at radius 1 is 1.32 bits per heavy atom. The molecule has 0 radical (unpaired) electrons. The maximum absolute atomic E-state index is 12.6. The molecule has 2 heterocycles. The van der Waals surface area contributed by atoms with Gasteiger partial charge in [0.25, 0.3) is 0 Å². The van der Waals surface area contributed by atoms with Gasteiger partial charge in [0, 0.05) is 24.4 Å². The van der Waals surface area contributed by atoms with Gasteiger partial charge in [0.15, 0.2) is 0 Å². The number of hydrogen-bond acceptors (Lipinski definition) is 3. The third kappa shape index (κ3) is 2.99. The van der Waals surface area contributed by atoms with E-state index in [-0.39, 0.29) is 4.90 Å². The molecule has 1 fully saturated rings. The lowest BCUT2D eigenvalue weighted by atomic mass is 10.2. The fourth-order valence-electron chi connectivity index (χ4n) is 3.28. The van der Waals surface area contributed by atoms with Crippen LogP contribution in [-0.2, 0) is 10.0 Å². The molecule has 1 aromatic carbocycles. The molecule has 0 bridgehead atoms. The van der Waals surface area contributed by atoms with Gasteiger partial charge in [0.1, 0.15) is 10.9 Å². The van der Waals surface area contributed by atoms with Crippen molar-refractivity contribution in [2.24, 2.45) is 0 Å².